The van der Waals surface area contributed by atoms with Crippen LogP contribution in [0.5, 0.6) is 5.75 Å². The quantitative estimate of drug-likeness (QED) is 0.429. The number of nitrogens with zero attached hydrogens (tertiary/aromatic N) is 3. The molecule has 1 saturated heterocycles. The smallest absolute Gasteiger partial charge is 0.337 e. The highest BCUT2D eigenvalue weighted by molar-refractivity contribution is 8.19. The fraction of sp³-hybridized carbons (Fsp3) is 0.250. The predicted octanol–water partition coefficient (Wildman–Crippen LogP) is 4.26. The van der Waals surface area contributed by atoms with E-state index >= 15 is 0 Å². The van der Waals surface area contributed by atoms with Crippen LogP contribution in [0.4, 0.5) is 11.4 Å². The molecule has 0 unspecified atom stereocenters. The van der Waals surface area contributed by atoms with Gasteiger partial charge in [0.05, 0.1) is 48.9 Å². The van der Waals surface area contributed by atoms with Crippen LogP contribution in [-0.4, -0.2) is 62.8 Å². The van der Waals surface area contributed by atoms with Crippen LogP contribution < -0.4 is 9.64 Å². The van der Waals surface area contributed by atoms with Gasteiger partial charge in [-0.25, -0.2) is 14.6 Å². The zero-order chi connectivity index (χ0) is 25.3. The molecule has 9 nitrogen and oxygen atoms in total. The molecule has 0 atom stereocenters. The van der Waals surface area contributed by atoms with E-state index < -0.39 is 11.9 Å². The fourth-order valence-corrected chi connectivity index (χ4v) is 6.00. The SMILES string of the molecule is CCN1C(=O)/C(=C2/Sc3ccc(OC)cc3N2C)SC1=Nc1cc(C(=O)OC)cc(C(=O)OC)c1. The number of fused-ring (bicyclic) bond motifs is 1. The van der Waals surface area contributed by atoms with Crippen molar-refractivity contribution in [2.45, 2.75) is 11.8 Å². The molecule has 11 heteroatoms. The molecular weight excluding hydrogens is 490 g/mol. The van der Waals surface area contributed by atoms with E-state index in [1.54, 1.807) is 12.0 Å². The average Bonchev–Trinajstić information content (AvgIpc) is 3.37. The number of rotatable bonds is 5. The summed E-state index contributed by atoms with van der Waals surface area (Å²) in [6, 6.07) is 10.2. The van der Waals surface area contributed by atoms with Gasteiger partial charge in [0.25, 0.3) is 5.91 Å². The predicted molar refractivity (Wildman–Crippen MR) is 135 cm³/mol. The summed E-state index contributed by atoms with van der Waals surface area (Å²) in [6.45, 7) is 2.26. The van der Waals surface area contributed by atoms with Gasteiger partial charge in [-0.3, -0.25) is 9.69 Å². The number of amidine groups is 1. The molecule has 2 aliphatic rings. The van der Waals surface area contributed by atoms with Crippen LogP contribution in [-0.2, 0) is 14.3 Å². The number of ether oxygens (including phenoxy) is 3. The minimum atomic E-state index is -0.611. The third-order valence-corrected chi connectivity index (χ3v) is 7.83. The maximum absolute atomic E-state index is 13.3. The van der Waals surface area contributed by atoms with Crippen molar-refractivity contribution in [1.82, 2.24) is 4.90 Å². The standard InChI is InChI=1S/C24H23N3O6S2/c1-6-27-20(28)19(21-26(2)17-12-16(31-3)7-8-18(17)34-21)35-24(27)25-15-10-13(22(29)32-4)9-14(11-15)23(30)33-5/h7-12H,6H2,1-5H3/b21-19-,25-24?. The number of thioether (sulfide) groups is 2. The highest BCUT2D eigenvalue weighted by Gasteiger charge is 2.38. The lowest BCUT2D eigenvalue weighted by atomic mass is 10.1. The number of amides is 1. The van der Waals surface area contributed by atoms with Gasteiger partial charge in [0.2, 0.25) is 0 Å². The van der Waals surface area contributed by atoms with Gasteiger partial charge in [0, 0.05) is 24.6 Å². The zero-order valence-corrected chi connectivity index (χ0v) is 21.4. The Labute approximate surface area is 211 Å². The van der Waals surface area contributed by atoms with Crippen LogP contribution in [0.1, 0.15) is 27.6 Å². The Morgan fingerprint density at radius 1 is 0.971 bits per heavy atom. The zero-order valence-electron chi connectivity index (χ0n) is 19.8. The van der Waals surface area contributed by atoms with E-state index in [-0.39, 0.29) is 17.0 Å². The molecule has 0 saturated carbocycles. The largest absolute Gasteiger partial charge is 0.497 e. The first-order chi connectivity index (χ1) is 16.8. The summed E-state index contributed by atoms with van der Waals surface area (Å²) in [5.41, 5.74) is 1.59. The molecule has 0 bridgehead atoms. The van der Waals surface area contributed by atoms with Gasteiger partial charge in [-0.1, -0.05) is 11.8 Å². The van der Waals surface area contributed by atoms with Gasteiger partial charge in [0.15, 0.2) is 5.17 Å². The number of esters is 2. The number of benzene rings is 2. The number of hydrogen-bond donors (Lipinski definition) is 0. The van der Waals surface area contributed by atoms with Crippen molar-refractivity contribution >= 4 is 57.9 Å². The Balaban J connectivity index is 1.75. The van der Waals surface area contributed by atoms with Crippen LogP contribution in [0.25, 0.3) is 0 Å². The molecule has 0 aromatic heterocycles. The molecule has 1 amide bonds. The summed E-state index contributed by atoms with van der Waals surface area (Å²) in [5, 5.41) is 1.24. The highest BCUT2D eigenvalue weighted by atomic mass is 32.2. The average molecular weight is 514 g/mol. The van der Waals surface area contributed by atoms with Crippen LogP contribution in [0, 0.1) is 0 Å². The Hall–Kier alpha value is -3.44. The van der Waals surface area contributed by atoms with E-state index in [4.69, 9.17) is 14.2 Å². The monoisotopic (exact) mass is 513 g/mol. The van der Waals surface area contributed by atoms with E-state index in [1.165, 1.54) is 55.9 Å². The molecule has 182 valence electrons. The first kappa shape index (κ1) is 24.7. The minimum absolute atomic E-state index is 0.154. The van der Waals surface area contributed by atoms with E-state index in [2.05, 4.69) is 4.99 Å². The summed E-state index contributed by atoms with van der Waals surface area (Å²) in [7, 11) is 6.03. The minimum Gasteiger partial charge on any atom is -0.497 e. The number of likely N-dealkylation sites (N-methyl/N-ethyl adjacent to an activating group) is 1. The molecule has 2 heterocycles. The second-order valence-electron chi connectivity index (χ2n) is 7.43. The van der Waals surface area contributed by atoms with Crippen molar-refractivity contribution < 1.29 is 28.6 Å². The topological polar surface area (TPSA) is 97.7 Å². The second-order valence-corrected chi connectivity index (χ2v) is 9.43. The Bertz CT molecular complexity index is 1260. The molecule has 1 fully saturated rings. The van der Waals surface area contributed by atoms with Crippen LogP contribution in [0.15, 0.2) is 56.2 Å². The molecular formula is C24H23N3O6S2. The van der Waals surface area contributed by atoms with E-state index in [9.17, 15) is 14.4 Å². The summed E-state index contributed by atoms with van der Waals surface area (Å²) < 4.78 is 14.9. The first-order valence-electron chi connectivity index (χ1n) is 10.5. The number of carbonyl (C=O) groups is 3. The lowest BCUT2D eigenvalue weighted by Crippen LogP contribution is -2.29. The Kier molecular flexibility index (Phi) is 7.08. The third-order valence-electron chi connectivity index (χ3n) is 5.40. The number of anilines is 1. The Morgan fingerprint density at radius 2 is 1.63 bits per heavy atom. The third kappa shape index (κ3) is 4.61. The van der Waals surface area contributed by atoms with Gasteiger partial charge in [0.1, 0.15) is 10.7 Å². The molecule has 2 aromatic carbocycles. The summed E-state index contributed by atoms with van der Waals surface area (Å²) >= 11 is 2.76. The van der Waals surface area contributed by atoms with Crippen LogP contribution in [0.3, 0.4) is 0 Å². The molecule has 35 heavy (non-hydrogen) atoms. The Morgan fingerprint density at radius 3 is 2.20 bits per heavy atom. The summed E-state index contributed by atoms with van der Waals surface area (Å²) in [4.78, 5) is 47.3. The number of hydrogen-bond acceptors (Lipinski definition) is 10. The maximum atomic E-state index is 13.3. The normalized spacial score (nSPS) is 18.2. The van der Waals surface area contributed by atoms with E-state index in [0.29, 0.717) is 22.3 Å². The van der Waals surface area contributed by atoms with Crippen molar-refractivity contribution in [3.8, 4) is 5.75 Å². The lowest BCUT2D eigenvalue weighted by Gasteiger charge is -2.15. The maximum Gasteiger partial charge on any atom is 0.337 e. The van der Waals surface area contributed by atoms with Gasteiger partial charge in [-0.2, -0.15) is 0 Å². The van der Waals surface area contributed by atoms with Crippen molar-refractivity contribution in [1.29, 1.82) is 0 Å². The number of aliphatic imine (C=N–C) groups is 1. The summed E-state index contributed by atoms with van der Waals surface area (Å²) in [5.74, 6) is -0.653. The number of methoxy groups -OCH3 is 3. The van der Waals surface area contributed by atoms with Crippen molar-refractivity contribution in [2.75, 3.05) is 39.8 Å². The molecule has 0 N–H and O–H groups in total. The number of carbonyl (C=O) groups excluding carboxylic acids is 3. The molecule has 0 spiro atoms. The van der Waals surface area contributed by atoms with Crippen molar-refractivity contribution in [3.05, 3.63) is 57.5 Å². The van der Waals surface area contributed by atoms with Gasteiger partial charge >= 0.3 is 11.9 Å². The second kappa shape index (κ2) is 10.0. The first-order valence-corrected chi connectivity index (χ1v) is 12.2. The molecule has 4 rings (SSSR count). The van der Waals surface area contributed by atoms with E-state index in [1.807, 2.05) is 37.1 Å². The van der Waals surface area contributed by atoms with E-state index in [0.717, 1.165) is 21.4 Å². The molecule has 2 aliphatic heterocycles. The van der Waals surface area contributed by atoms with Crippen molar-refractivity contribution in [2.24, 2.45) is 4.99 Å². The van der Waals surface area contributed by atoms with Gasteiger partial charge < -0.3 is 19.1 Å². The van der Waals surface area contributed by atoms with Gasteiger partial charge in [-0.05, 0) is 49.0 Å². The highest BCUT2D eigenvalue weighted by Crippen LogP contribution is 2.51. The summed E-state index contributed by atoms with van der Waals surface area (Å²) in [6.07, 6.45) is 0. The molecule has 0 aliphatic carbocycles. The van der Waals surface area contributed by atoms with Gasteiger partial charge in [-0.15, -0.1) is 0 Å². The molecule has 0 radical (unpaired) electrons. The van der Waals surface area contributed by atoms with Crippen molar-refractivity contribution in [3.63, 3.8) is 0 Å². The molecule has 2 aromatic rings. The van der Waals surface area contributed by atoms with Crippen LogP contribution >= 0.6 is 23.5 Å². The lowest BCUT2D eigenvalue weighted by molar-refractivity contribution is -0.122. The fourth-order valence-electron chi connectivity index (χ4n) is 3.61. The van der Waals surface area contributed by atoms with Crippen LogP contribution in [0.2, 0.25) is 0 Å².